The van der Waals surface area contributed by atoms with Gasteiger partial charge in [0.2, 0.25) is 0 Å². The van der Waals surface area contributed by atoms with Crippen LogP contribution in [0.1, 0.15) is 71.6 Å². The maximum Gasteiger partial charge on any atom is 0.303 e. The predicted octanol–water partition coefficient (Wildman–Crippen LogP) is 2.96. The van der Waals surface area contributed by atoms with E-state index in [1.807, 2.05) is 0 Å². The Hall–Kier alpha value is -0.610. The van der Waals surface area contributed by atoms with Crippen molar-refractivity contribution in [1.29, 1.82) is 0 Å². The van der Waals surface area contributed by atoms with E-state index in [-0.39, 0.29) is 6.61 Å². The number of hydrogen-bond acceptors (Lipinski definition) is 3. The summed E-state index contributed by atoms with van der Waals surface area (Å²) in [5.41, 5.74) is 0. The Balaban J connectivity index is 0. The van der Waals surface area contributed by atoms with Crippen molar-refractivity contribution in [2.24, 2.45) is 0 Å². The van der Waals surface area contributed by atoms with Gasteiger partial charge in [0.25, 0.3) is 0 Å². The maximum absolute atomic E-state index is 10.2. The third kappa shape index (κ3) is 24.6. The summed E-state index contributed by atoms with van der Waals surface area (Å²) < 4.78 is 0. The van der Waals surface area contributed by atoms with Gasteiger partial charge in [-0.25, -0.2) is 0 Å². The summed E-state index contributed by atoms with van der Waals surface area (Å²) in [4.78, 5) is 10.2. The molecule has 0 radical (unpaired) electrons. The van der Waals surface area contributed by atoms with Crippen LogP contribution in [0.25, 0.3) is 0 Å². The largest absolute Gasteiger partial charge is 0.481 e. The Bertz CT molecular complexity index is 169. The molecule has 0 aliphatic heterocycles. The minimum absolute atomic E-state index is 0.139. The Morgan fingerprint density at radius 3 is 1.72 bits per heavy atom. The fraction of sp³-hybridized carbons (Fsp3) is 0.929. The first-order valence-electron chi connectivity index (χ1n) is 7.05. The Morgan fingerprint density at radius 1 is 1.00 bits per heavy atom. The number of carboxylic acid groups (broad SMARTS) is 1. The van der Waals surface area contributed by atoms with Gasteiger partial charge in [-0.3, -0.25) is 4.79 Å². The number of rotatable bonds is 10. The average molecular weight is 262 g/mol. The van der Waals surface area contributed by atoms with Crippen LogP contribution in [-0.2, 0) is 4.79 Å². The molecule has 0 aromatic heterocycles. The van der Waals surface area contributed by atoms with E-state index in [1.54, 1.807) is 0 Å². The Morgan fingerprint density at radius 2 is 1.39 bits per heavy atom. The molecular weight excluding hydrogens is 232 g/mol. The monoisotopic (exact) mass is 262 g/mol. The second kappa shape index (κ2) is 16.4. The van der Waals surface area contributed by atoms with Crippen molar-refractivity contribution in [1.82, 2.24) is 0 Å². The molecule has 110 valence electrons. The number of carbonyl (C=O) groups is 1. The highest BCUT2D eigenvalue weighted by Crippen LogP contribution is 2.09. The first-order valence-corrected chi connectivity index (χ1v) is 7.05. The molecule has 4 heteroatoms. The lowest BCUT2D eigenvalue weighted by Gasteiger charge is -1.99. The van der Waals surface area contributed by atoms with Crippen LogP contribution in [-0.4, -0.2) is 34.0 Å². The fourth-order valence-corrected chi connectivity index (χ4v) is 1.41. The molecule has 0 bridgehead atoms. The van der Waals surface area contributed by atoms with Crippen molar-refractivity contribution in [2.45, 2.75) is 77.7 Å². The number of unbranched alkanes of at least 4 members (excludes halogenated alkanes) is 7. The van der Waals surface area contributed by atoms with Crippen LogP contribution in [0.2, 0.25) is 0 Å². The molecule has 0 fully saturated rings. The van der Waals surface area contributed by atoms with Gasteiger partial charge in [-0.1, -0.05) is 51.9 Å². The SMILES string of the molecule is CC(O)CO.CCCCCCCCCCC(=O)O. The van der Waals surface area contributed by atoms with Gasteiger partial charge >= 0.3 is 5.97 Å². The highest BCUT2D eigenvalue weighted by Gasteiger charge is 1.95. The van der Waals surface area contributed by atoms with Crippen LogP contribution in [0.4, 0.5) is 0 Å². The molecular formula is C14H30O4. The van der Waals surface area contributed by atoms with Crippen LogP contribution in [0.3, 0.4) is 0 Å². The maximum atomic E-state index is 10.2. The molecule has 0 amide bonds. The molecule has 1 unspecified atom stereocenters. The van der Waals surface area contributed by atoms with E-state index in [0.29, 0.717) is 6.42 Å². The second-order valence-corrected chi connectivity index (χ2v) is 4.65. The van der Waals surface area contributed by atoms with E-state index < -0.39 is 12.1 Å². The number of carboxylic acids is 1. The van der Waals surface area contributed by atoms with Gasteiger partial charge in [-0.05, 0) is 13.3 Å². The molecule has 0 aromatic rings. The zero-order valence-electron chi connectivity index (χ0n) is 11.9. The van der Waals surface area contributed by atoms with Crippen LogP contribution in [0.5, 0.6) is 0 Å². The van der Waals surface area contributed by atoms with Crippen molar-refractivity contribution in [2.75, 3.05) is 6.61 Å². The molecule has 0 heterocycles. The van der Waals surface area contributed by atoms with Crippen molar-refractivity contribution in [3.05, 3.63) is 0 Å². The summed E-state index contributed by atoms with van der Waals surface area (Å²) in [7, 11) is 0. The lowest BCUT2D eigenvalue weighted by molar-refractivity contribution is -0.137. The molecule has 0 aromatic carbocycles. The van der Waals surface area contributed by atoms with Crippen molar-refractivity contribution >= 4 is 5.97 Å². The smallest absolute Gasteiger partial charge is 0.303 e. The minimum Gasteiger partial charge on any atom is -0.481 e. The number of aliphatic carboxylic acids is 1. The van der Waals surface area contributed by atoms with Gasteiger partial charge in [0.05, 0.1) is 12.7 Å². The molecule has 0 saturated carbocycles. The highest BCUT2D eigenvalue weighted by molar-refractivity contribution is 5.66. The lowest BCUT2D eigenvalue weighted by Crippen LogP contribution is -2.03. The van der Waals surface area contributed by atoms with Gasteiger partial charge in [0, 0.05) is 6.42 Å². The summed E-state index contributed by atoms with van der Waals surface area (Å²) >= 11 is 0. The third-order valence-electron chi connectivity index (χ3n) is 2.51. The lowest BCUT2D eigenvalue weighted by atomic mass is 10.1. The quantitative estimate of drug-likeness (QED) is 0.529. The normalized spacial score (nSPS) is 11.6. The first-order chi connectivity index (χ1) is 8.54. The molecule has 3 N–H and O–H groups in total. The summed E-state index contributed by atoms with van der Waals surface area (Å²) in [5, 5.41) is 24.4. The van der Waals surface area contributed by atoms with Crippen molar-refractivity contribution in [3.8, 4) is 0 Å². The Labute approximate surface area is 111 Å². The summed E-state index contributed by atoms with van der Waals surface area (Å²) in [6, 6.07) is 0. The van der Waals surface area contributed by atoms with Gasteiger partial charge in [0.15, 0.2) is 0 Å². The van der Waals surface area contributed by atoms with E-state index in [4.69, 9.17) is 15.3 Å². The zero-order valence-corrected chi connectivity index (χ0v) is 11.9. The van der Waals surface area contributed by atoms with Gasteiger partial charge in [0.1, 0.15) is 0 Å². The fourth-order valence-electron chi connectivity index (χ4n) is 1.41. The highest BCUT2D eigenvalue weighted by atomic mass is 16.4. The molecule has 0 spiro atoms. The van der Waals surface area contributed by atoms with Gasteiger partial charge in [-0.15, -0.1) is 0 Å². The summed E-state index contributed by atoms with van der Waals surface area (Å²) in [6.07, 6.45) is 9.49. The molecule has 0 aliphatic rings. The van der Waals surface area contributed by atoms with Crippen molar-refractivity contribution < 1.29 is 20.1 Å². The van der Waals surface area contributed by atoms with Crippen LogP contribution in [0, 0.1) is 0 Å². The zero-order chi connectivity index (χ0) is 14.2. The van der Waals surface area contributed by atoms with E-state index in [1.165, 1.54) is 45.4 Å². The standard InChI is InChI=1S/C11H22O2.C3H8O2/c1-2-3-4-5-6-7-8-9-10-11(12)13;1-3(5)2-4/h2-10H2,1H3,(H,12,13);3-5H,2H2,1H3. The Kier molecular flexibility index (Phi) is 18.0. The summed E-state index contributed by atoms with van der Waals surface area (Å²) in [5.74, 6) is -0.661. The predicted molar refractivity (Wildman–Crippen MR) is 73.6 cm³/mol. The van der Waals surface area contributed by atoms with Gasteiger partial charge in [-0.2, -0.15) is 0 Å². The molecule has 4 nitrogen and oxygen atoms in total. The van der Waals surface area contributed by atoms with Crippen molar-refractivity contribution in [3.63, 3.8) is 0 Å². The number of hydrogen-bond donors (Lipinski definition) is 3. The van der Waals surface area contributed by atoms with E-state index in [0.717, 1.165) is 12.8 Å². The third-order valence-corrected chi connectivity index (χ3v) is 2.51. The number of aliphatic hydroxyl groups excluding tert-OH is 2. The average Bonchev–Trinajstić information content (AvgIpc) is 2.33. The van der Waals surface area contributed by atoms with Crippen LogP contribution < -0.4 is 0 Å². The number of aliphatic hydroxyl groups is 2. The van der Waals surface area contributed by atoms with Crippen LogP contribution in [0.15, 0.2) is 0 Å². The molecule has 0 aliphatic carbocycles. The van der Waals surface area contributed by atoms with Crippen LogP contribution >= 0.6 is 0 Å². The second-order valence-electron chi connectivity index (χ2n) is 4.65. The van der Waals surface area contributed by atoms with Gasteiger partial charge < -0.3 is 15.3 Å². The van der Waals surface area contributed by atoms with E-state index in [2.05, 4.69) is 6.92 Å². The summed E-state index contributed by atoms with van der Waals surface area (Å²) in [6.45, 7) is 3.60. The van der Waals surface area contributed by atoms with E-state index >= 15 is 0 Å². The van der Waals surface area contributed by atoms with E-state index in [9.17, 15) is 4.79 Å². The topological polar surface area (TPSA) is 77.8 Å². The molecule has 1 atom stereocenters. The first kappa shape index (κ1) is 19.7. The minimum atomic E-state index is -0.661. The molecule has 0 rings (SSSR count). The molecule has 0 saturated heterocycles. The molecule has 18 heavy (non-hydrogen) atoms.